The SMILES string of the molecule is O=C(O)C1(CNS(=O)(=O)c2cc[nH]c2)CCCC1. The lowest BCUT2D eigenvalue weighted by atomic mass is 9.87. The minimum Gasteiger partial charge on any atom is -0.481 e. The molecule has 0 radical (unpaired) electrons. The molecule has 7 heteroatoms. The number of aliphatic carboxylic acids is 1. The first-order valence-electron chi connectivity index (χ1n) is 5.82. The smallest absolute Gasteiger partial charge is 0.310 e. The fourth-order valence-electron chi connectivity index (χ4n) is 2.31. The molecule has 0 spiro atoms. The van der Waals surface area contributed by atoms with Crippen molar-refractivity contribution in [3.63, 3.8) is 0 Å². The second-order valence-corrected chi connectivity index (χ2v) is 6.43. The van der Waals surface area contributed by atoms with Crippen LogP contribution < -0.4 is 4.72 Å². The summed E-state index contributed by atoms with van der Waals surface area (Å²) in [5, 5.41) is 9.25. The Morgan fingerprint density at radius 2 is 2.11 bits per heavy atom. The maximum absolute atomic E-state index is 11.9. The summed E-state index contributed by atoms with van der Waals surface area (Å²) in [6.45, 7) is -0.0458. The van der Waals surface area contributed by atoms with Crippen LogP contribution in [-0.2, 0) is 14.8 Å². The van der Waals surface area contributed by atoms with E-state index in [9.17, 15) is 18.3 Å². The van der Waals surface area contributed by atoms with Gasteiger partial charge in [0.2, 0.25) is 10.0 Å². The molecule has 0 aromatic carbocycles. The quantitative estimate of drug-likeness (QED) is 0.742. The molecule has 6 nitrogen and oxygen atoms in total. The number of carboxylic acids is 1. The minimum absolute atomic E-state index is 0.0458. The normalized spacial score (nSPS) is 18.9. The Balaban J connectivity index is 2.09. The van der Waals surface area contributed by atoms with Crippen LogP contribution in [0.2, 0.25) is 0 Å². The molecule has 0 bridgehead atoms. The van der Waals surface area contributed by atoms with Crippen LogP contribution in [-0.4, -0.2) is 31.0 Å². The van der Waals surface area contributed by atoms with Gasteiger partial charge < -0.3 is 10.1 Å². The van der Waals surface area contributed by atoms with E-state index in [2.05, 4.69) is 9.71 Å². The van der Waals surface area contributed by atoms with Gasteiger partial charge in [-0.2, -0.15) is 0 Å². The third-order valence-electron chi connectivity index (χ3n) is 3.49. The number of sulfonamides is 1. The van der Waals surface area contributed by atoms with Crippen molar-refractivity contribution in [2.45, 2.75) is 30.6 Å². The second-order valence-electron chi connectivity index (χ2n) is 4.66. The van der Waals surface area contributed by atoms with E-state index in [4.69, 9.17) is 0 Å². The summed E-state index contributed by atoms with van der Waals surface area (Å²) in [6.07, 6.45) is 5.59. The van der Waals surface area contributed by atoms with Crippen LogP contribution in [0.5, 0.6) is 0 Å². The summed E-state index contributed by atoms with van der Waals surface area (Å²) in [4.78, 5) is 14.1. The molecule has 18 heavy (non-hydrogen) atoms. The summed E-state index contributed by atoms with van der Waals surface area (Å²) in [5.74, 6) is -0.920. The summed E-state index contributed by atoms with van der Waals surface area (Å²) < 4.78 is 26.2. The van der Waals surface area contributed by atoms with Gasteiger partial charge in [-0.25, -0.2) is 13.1 Å². The number of aromatic amines is 1. The molecule has 100 valence electrons. The van der Waals surface area contributed by atoms with E-state index in [0.29, 0.717) is 12.8 Å². The lowest BCUT2D eigenvalue weighted by Gasteiger charge is -2.23. The molecule has 0 amide bonds. The molecule has 0 unspecified atom stereocenters. The van der Waals surface area contributed by atoms with Crippen molar-refractivity contribution < 1.29 is 18.3 Å². The third-order valence-corrected chi connectivity index (χ3v) is 4.89. The van der Waals surface area contributed by atoms with E-state index in [1.165, 1.54) is 18.5 Å². The van der Waals surface area contributed by atoms with Gasteiger partial charge in [-0.05, 0) is 18.9 Å². The topological polar surface area (TPSA) is 99.3 Å². The number of rotatable bonds is 5. The monoisotopic (exact) mass is 272 g/mol. The molecule has 1 saturated carbocycles. The Morgan fingerprint density at radius 1 is 1.44 bits per heavy atom. The number of aromatic nitrogens is 1. The van der Waals surface area contributed by atoms with E-state index in [0.717, 1.165) is 12.8 Å². The van der Waals surface area contributed by atoms with Crippen LogP contribution in [0.4, 0.5) is 0 Å². The molecule has 0 atom stereocenters. The van der Waals surface area contributed by atoms with Gasteiger partial charge in [0.25, 0.3) is 0 Å². The molecular formula is C11H16N2O4S. The van der Waals surface area contributed by atoms with E-state index >= 15 is 0 Å². The number of H-pyrrole nitrogens is 1. The van der Waals surface area contributed by atoms with Gasteiger partial charge in [-0.1, -0.05) is 12.8 Å². The molecule has 0 aliphatic heterocycles. The highest BCUT2D eigenvalue weighted by molar-refractivity contribution is 7.89. The van der Waals surface area contributed by atoms with Crippen molar-refractivity contribution in [1.82, 2.24) is 9.71 Å². The summed E-state index contributed by atoms with van der Waals surface area (Å²) >= 11 is 0. The molecular weight excluding hydrogens is 256 g/mol. The zero-order chi connectivity index (χ0) is 13.2. The number of hydrogen-bond acceptors (Lipinski definition) is 3. The van der Waals surface area contributed by atoms with Crippen molar-refractivity contribution in [3.05, 3.63) is 18.5 Å². The maximum atomic E-state index is 11.9. The van der Waals surface area contributed by atoms with E-state index < -0.39 is 21.4 Å². The molecule has 1 aromatic heterocycles. The first kappa shape index (κ1) is 13.1. The molecule has 0 saturated heterocycles. The Morgan fingerprint density at radius 3 is 2.61 bits per heavy atom. The fraction of sp³-hybridized carbons (Fsp3) is 0.545. The van der Waals surface area contributed by atoms with Crippen molar-refractivity contribution in [2.24, 2.45) is 5.41 Å². The molecule has 2 rings (SSSR count). The predicted octanol–water partition coefficient (Wildman–Crippen LogP) is 0.938. The zero-order valence-corrected chi connectivity index (χ0v) is 10.7. The fourth-order valence-corrected chi connectivity index (χ4v) is 3.41. The van der Waals surface area contributed by atoms with Crippen LogP contribution in [0, 0.1) is 5.41 Å². The molecule has 3 N–H and O–H groups in total. The summed E-state index contributed by atoms with van der Waals surface area (Å²) in [6, 6.07) is 1.43. The summed E-state index contributed by atoms with van der Waals surface area (Å²) in [7, 11) is -3.62. The number of nitrogens with one attached hydrogen (secondary N) is 2. The predicted molar refractivity (Wildman–Crippen MR) is 64.5 cm³/mol. The van der Waals surface area contributed by atoms with Gasteiger partial charge in [-0.15, -0.1) is 0 Å². The Hall–Kier alpha value is -1.34. The Kier molecular flexibility index (Phi) is 3.45. The van der Waals surface area contributed by atoms with Crippen LogP contribution in [0.15, 0.2) is 23.4 Å². The van der Waals surface area contributed by atoms with Crippen molar-refractivity contribution >= 4 is 16.0 Å². The van der Waals surface area contributed by atoms with E-state index in [1.54, 1.807) is 0 Å². The van der Waals surface area contributed by atoms with Crippen molar-refractivity contribution in [1.29, 1.82) is 0 Å². The zero-order valence-electron chi connectivity index (χ0n) is 9.85. The molecule has 1 aromatic rings. The average molecular weight is 272 g/mol. The Bertz CT molecular complexity index is 515. The summed E-state index contributed by atoms with van der Waals surface area (Å²) in [5.41, 5.74) is -0.941. The van der Waals surface area contributed by atoms with Crippen molar-refractivity contribution in [3.8, 4) is 0 Å². The van der Waals surface area contributed by atoms with Crippen LogP contribution in [0.3, 0.4) is 0 Å². The lowest BCUT2D eigenvalue weighted by molar-refractivity contribution is -0.148. The highest BCUT2D eigenvalue weighted by Gasteiger charge is 2.42. The van der Waals surface area contributed by atoms with Gasteiger partial charge in [0, 0.05) is 18.9 Å². The van der Waals surface area contributed by atoms with Gasteiger partial charge in [0.1, 0.15) is 0 Å². The molecule has 1 aliphatic carbocycles. The highest BCUT2D eigenvalue weighted by Crippen LogP contribution is 2.38. The molecule has 1 fully saturated rings. The Labute approximate surface area is 105 Å². The minimum atomic E-state index is -3.62. The third kappa shape index (κ3) is 2.41. The number of carboxylic acid groups (broad SMARTS) is 1. The van der Waals surface area contributed by atoms with Gasteiger partial charge in [0.15, 0.2) is 0 Å². The lowest BCUT2D eigenvalue weighted by Crippen LogP contribution is -2.41. The largest absolute Gasteiger partial charge is 0.481 e. The second kappa shape index (κ2) is 4.74. The first-order chi connectivity index (χ1) is 8.46. The van der Waals surface area contributed by atoms with Gasteiger partial charge in [-0.3, -0.25) is 4.79 Å². The highest BCUT2D eigenvalue weighted by atomic mass is 32.2. The van der Waals surface area contributed by atoms with Crippen molar-refractivity contribution in [2.75, 3.05) is 6.54 Å². The first-order valence-corrected chi connectivity index (χ1v) is 7.30. The van der Waals surface area contributed by atoms with Gasteiger partial charge >= 0.3 is 5.97 Å². The number of carbonyl (C=O) groups is 1. The maximum Gasteiger partial charge on any atom is 0.310 e. The van der Waals surface area contributed by atoms with E-state index in [1.807, 2.05) is 0 Å². The average Bonchev–Trinajstić information content (AvgIpc) is 2.99. The van der Waals surface area contributed by atoms with E-state index in [-0.39, 0.29) is 11.4 Å². The number of hydrogen-bond donors (Lipinski definition) is 3. The van der Waals surface area contributed by atoms with Crippen LogP contribution in [0.25, 0.3) is 0 Å². The van der Waals surface area contributed by atoms with Crippen LogP contribution in [0.1, 0.15) is 25.7 Å². The molecule has 1 heterocycles. The van der Waals surface area contributed by atoms with Crippen LogP contribution >= 0.6 is 0 Å². The molecule has 1 aliphatic rings. The van der Waals surface area contributed by atoms with Gasteiger partial charge in [0.05, 0.1) is 10.3 Å². The standard InChI is InChI=1S/C11H16N2O4S/c14-10(15)11(4-1-2-5-11)8-13-18(16,17)9-3-6-12-7-9/h3,6-7,12-13H,1-2,4-5,8H2,(H,14,15).